The Bertz CT molecular complexity index is 2400. The van der Waals surface area contributed by atoms with Crippen LogP contribution >= 0.6 is 47.8 Å². The first kappa shape index (κ1) is 52.2. The number of hydrogen-bond acceptors (Lipinski definition) is 9. The van der Waals surface area contributed by atoms with E-state index < -0.39 is 32.6 Å². The third kappa shape index (κ3) is 12.4. The molecule has 3 aromatic carbocycles. The van der Waals surface area contributed by atoms with Gasteiger partial charge >= 0.3 is 28.5 Å². The van der Waals surface area contributed by atoms with Gasteiger partial charge in [-0.25, -0.2) is 13.2 Å². The largest absolute Gasteiger partial charge is 0.0683 e. The van der Waals surface area contributed by atoms with Crippen molar-refractivity contribution in [3.8, 4) is 0 Å². The molecule has 5 aliphatic rings. The second kappa shape index (κ2) is 24.7. The number of rotatable bonds is 3. The molecule has 64 heavy (non-hydrogen) atoms. The van der Waals surface area contributed by atoms with Crippen LogP contribution in [0.5, 0.6) is 0 Å². The van der Waals surface area contributed by atoms with E-state index in [2.05, 4.69) is 58.4 Å². The molecule has 1 fully saturated rings. The average Bonchev–Trinajstić information content (AvgIpc) is 3.51. The number of carboxylic acids is 1. The second-order valence-electron chi connectivity index (χ2n) is 13.8. The number of nitrogens with one attached hydrogen (secondary N) is 2. The van der Waals surface area contributed by atoms with Gasteiger partial charge in [-0.3, -0.25) is 28.8 Å². The van der Waals surface area contributed by atoms with Crippen LogP contribution in [-0.2, 0) is 55.7 Å². The summed E-state index contributed by atoms with van der Waals surface area (Å²) in [5, 5.41) is 14.1. The predicted molar refractivity (Wildman–Crippen MR) is 239 cm³/mol. The van der Waals surface area contributed by atoms with E-state index in [1.54, 1.807) is 34.9 Å². The van der Waals surface area contributed by atoms with Crippen molar-refractivity contribution < 1.29 is 56.1 Å². The van der Waals surface area contributed by atoms with Crippen LogP contribution in [0.15, 0.2) is 55.9 Å². The molecule has 0 saturated carbocycles. The molecule has 0 aromatic heterocycles. The standard InChI is InChI=1S/C13H14BrFN2O3.C13H12BrFN2O2.C13H10BrFN2O2.C2H6.CH4.O2Se/c14-13-8-3-4-17(11(18)6-16)10(5-12(19)20)7(8)1-2-9(13)15;2*14-13-8-3-4-17-10(7(8)1-2-9(13)15)5-11(18)16-6-12(17)19;1-2;;1-3-2/h1-2,10H,3-6,16H2,(H,19,20);1-2,10H,3-6H2,(H,16,18);1-2,5H,3-4,6H2,(H,16,18);1-2H3;1H4;/i;;;1D;;. The summed E-state index contributed by atoms with van der Waals surface area (Å²) in [6.45, 7) is 3.47. The Morgan fingerprint density at radius 1 is 0.828 bits per heavy atom. The maximum atomic E-state index is 13.6. The van der Waals surface area contributed by atoms with Gasteiger partial charge in [0.1, 0.15) is 17.5 Å². The summed E-state index contributed by atoms with van der Waals surface area (Å²) >= 11 is 8.04. The number of aliphatic carboxylic acids is 1. The van der Waals surface area contributed by atoms with E-state index >= 15 is 0 Å². The molecule has 22 heteroatoms. The summed E-state index contributed by atoms with van der Waals surface area (Å²) in [4.78, 5) is 74.8. The zero-order valence-electron chi connectivity index (χ0n) is 34.5. The molecule has 346 valence electrons. The van der Waals surface area contributed by atoms with E-state index in [4.69, 9.17) is 19.9 Å². The van der Waals surface area contributed by atoms with Crippen molar-refractivity contribution in [2.75, 3.05) is 39.3 Å². The van der Waals surface area contributed by atoms with Crippen LogP contribution in [0.4, 0.5) is 13.2 Å². The zero-order valence-corrected chi connectivity index (χ0v) is 40.0. The molecule has 0 bridgehead atoms. The number of hydrogen-bond donors (Lipinski definition) is 4. The van der Waals surface area contributed by atoms with Gasteiger partial charge in [-0.1, -0.05) is 33.4 Å². The van der Waals surface area contributed by atoms with Crippen LogP contribution in [0.25, 0.3) is 5.70 Å². The Kier molecular flexibility index (Phi) is 20.1. The fraction of sp³-hybridized carbons (Fsp3) is 0.381. The van der Waals surface area contributed by atoms with E-state index in [1.807, 2.05) is 0 Å². The quantitative estimate of drug-likeness (QED) is 0.243. The topological polar surface area (TPSA) is 217 Å². The molecule has 0 spiro atoms. The first-order valence-corrected chi connectivity index (χ1v) is 22.9. The Labute approximate surface area is 400 Å². The summed E-state index contributed by atoms with van der Waals surface area (Å²) in [7, 11) is 0. The number of benzene rings is 3. The Morgan fingerprint density at radius 3 is 1.94 bits per heavy atom. The molecule has 8 rings (SSSR count). The number of amides is 5. The first-order chi connectivity index (χ1) is 30.4. The van der Waals surface area contributed by atoms with Crippen LogP contribution < -0.4 is 16.4 Å². The van der Waals surface area contributed by atoms with Crippen molar-refractivity contribution in [3.05, 3.63) is 107 Å². The average molecular weight is 1160 g/mol. The van der Waals surface area contributed by atoms with E-state index in [0.29, 0.717) is 70.5 Å². The Balaban J connectivity index is 0.000000242. The van der Waals surface area contributed by atoms with E-state index in [9.17, 15) is 41.9 Å². The maximum Gasteiger partial charge on any atom is 0.0228 e. The number of carbonyl (C=O) groups is 6. The fourth-order valence-electron chi connectivity index (χ4n) is 7.72. The van der Waals surface area contributed by atoms with Gasteiger partial charge in [-0.15, -0.1) is 0 Å². The van der Waals surface area contributed by atoms with Crippen LogP contribution in [0.2, 0.25) is 0 Å². The van der Waals surface area contributed by atoms with Crippen molar-refractivity contribution in [1.82, 2.24) is 25.3 Å². The zero-order chi connectivity index (χ0) is 47.4. The van der Waals surface area contributed by atoms with Crippen molar-refractivity contribution in [1.29, 1.82) is 0 Å². The maximum absolute atomic E-state index is 13.6. The number of carboxylic acid groups (broad SMARTS) is 1. The SMILES string of the molecule is C.NCC(=O)N1CCc2c(ccc(F)c2Br)C1CC(=O)O.O=C1C=C2c3ccc(F)c(Br)c3CCN2C(=O)CN1.O=C1CC2c3ccc(F)c(Br)c3CCN2C(=O)CN1.O=[Se]=O.[2H]CC. The number of fused-ring (bicyclic) bond motifs is 7. The number of nitrogens with zero attached hydrogens (tertiary/aromatic N) is 3. The summed E-state index contributed by atoms with van der Waals surface area (Å²) in [5.74, 6) is -3.04. The van der Waals surface area contributed by atoms with Gasteiger partial charge in [-0.2, -0.15) is 0 Å². The van der Waals surface area contributed by atoms with E-state index in [1.165, 1.54) is 29.2 Å². The summed E-state index contributed by atoms with van der Waals surface area (Å²) in [6.07, 6.45) is 3.03. The van der Waals surface area contributed by atoms with E-state index in [-0.39, 0.29) is 87.1 Å². The third-order valence-electron chi connectivity index (χ3n) is 10.5. The Hall–Kier alpha value is -4.47. The van der Waals surface area contributed by atoms with Crippen LogP contribution in [0.3, 0.4) is 0 Å². The molecule has 5 amide bonds. The summed E-state index contributed by atoms with van der Waals surface area (Å²) in [6, 6.07) is 7.92. The number of nitrogens with two attached hydrogens (primary N) is 1. The van der Waals surface area contributed by atoms with Gasteiger partial charge in [0.25, 0.3) is 0 Å². The van der Waals surface area contributed by atoms with Gasteiger partial charge in [-0.05, 0) is 119 Å². The fourth-order valence-corrected chi connectivity index (χ4v) is 9.38. The van der Waals surface area contributed by atoms with Crippen LogP contribution in [0, 0.1) is 17.5 Å². The number of carbonyl (C=O) groups excluding carboxylic acids is 5. The molecule has 15 nitrogen and oxygen atoms in total. The smallest absolute Gasteiger partial charge is 0.0228 e. The predicted octanol–water partition coefficient (Wildman–Crippen LogP) is 5.47. The van der Waals surface area contributed by atoms with Gasteiger partial charge < -0.3 is 36.2 Å². The molecular weight excluding hydrogens is 1110 g/mol. The number of halogens is 6. The molecule has 5 N–H and O–H groups in total. The second-order valence-corrected chi connectivity index (χ2v) is 16.5. The summed E-state index contributed by atoms with van der Waals surface area (Å²) < 4.78 is 64.9. The van der Waals surface area contributed by atoms with E-state index in [0.717, 1.165) is 27.8 Å². The molecule has 5 aliphatic heterocycles. The minimum atomic E-state index is -1.62. The molecule has 2 atom stereocenters. The monoisotopic (exact) mass is 1150 g/mol. The molecule has 0 radical (unpaired) electrons. The van der Waals surface area contributed by atoms with Crippen molar-refractivity contribution in [2.24, 2.45) is 5.73 Å². The van der Waals surface area contributed by atoms with Crippen molar-refractivity contribution >= 4 is 104 Å². The Morgan fingerprint density at radius 2 is 1.34 bits per heavy atom. The minimum absolute atomic E-state index is 0. The van der Waals surface area contributed by atoms with Crippen molar-refractivity contribution in [2.45, 2.75) is 65.4 Å². The first-order valence-electron chi connectivity index (χ1n) is 19.8. The minimum Gasteiger partial charge on any atom is -0.0683 e. The molecule has 5 heterocycles. The normalized spacial score (nSPS) is 18.1. The summed E-state index contributed by atoms with van der Waals surface area (Å²) in [5.41, 5.74) is 10.5. The third-order valence-corrected chi connectivity index (χ3v) is 13.0. The van der Waals surface area contributed by atoms with Crippen molar-refractivity contribution in [3.63, 3.8) is 0 Å². The molecule has 1 saturated heterocycles. The molecular formula is C42H46Br3F3N6O9Se. The van der Waals surface area contributed by atoms with Gasteiger partial charge in [0.05, 0.1) is 63.7 Å². The van der Waals surface area contributed by atoms with Gasteiger partial charge in [0.2, 0.25) is 29.5 Å². The van der Waals surface area contributed by atoms with Gasteiger partial charge in [0, 0.05) is 32.6 Å². The van der Waals surface area contributed by atoms with Gasteiger partial charge in [0.15, 0.2) is 0 Å². The van der Waals surface area contributed by atoms with Crippen LogP contribution in [-0.4, -0.2) is 109 Å². The molecule has 2 unspecified atom stereocenters. The van der Waals surface area contributed by atoms with Crippen LogP contribution in [0.1, 0.15) is 80.9 Å². The molecule has 0 aliphatic carbocycles. The molecule has 3 aromatic rings.